The van der Waals surface area contributed by atoms with Crippen LogP contribution in [0.15, 0.2) is 39.2 Å². The van der Waals surface area contributed by atoms with Gasteiger partial charge in [0.15, 0.2) is 5.76 Å². The number of hydrogen-bond acceptors (Lipinski definition) is 11. The first-order valence-electron chi connectivity index (χ1n) is 12.5. The summed E-state index contributed by atoms with van der Waals surface area (Å²) in [5.41, 5.74) is -2.09. The van der Waals surface area contributed by atoms with E-state index in [0.29, 0.717) is 12.0 Å². The number of ether oxygens (including phenoxy) is 3. The lowest BCUT2D eigenvalue weighted by molar-refractivity contribution is 0.0297. The van der Waals surface area contributed by atoms with Crippen LogP contribution < -0.4 is 10.4 Å². The van der Waals surface area contributed by atoms with Crippen molar-refractivity contribution in [2.24, 2.45) is 0 Å². The summed E-state index contributed by atoms with van der Waals surface area (Å²) in [6.07, 6.45) is -0.115. The summed E-state index contributed by atoms with van der Waals surface area (Å²) in [5.74, 6) is -4.90. The molecule has 4 aromatic rings. The van der Waals surface area contributed by atoms with E-state index in [1.54, 1.807) is 13.0 Å². The maximum absolute atomic E-state index is 14.1. The van der Waals surface area contributed by atoms with E-state index in [1.165, 1.54) is 32.2 Å². The van der Waals surface area contributed by atoms with Crippen LogP contribution in [0, 0.1) is 6.92 Å². The molecule has 0 saturated carbocycles. The SMILES string of the molecule is COC1=C(c2c(OC)cc3cc4c(c(O)c3c2O)C(=O)O[C@H](C)C4)C(=O)c2c(cc3cc(C)oc(=O)c3c2O)C1=O. The minimum absolute atomic E-state index is 0.0645. The third kappa shape index (κ3) is 3.51. The third-order valence-electron chi connectivity index (χ3n) is 7.39. The molecule has 1 aliphatic heterocycles. The van der Waals surface area contributed by atoms with Crippen LogP contribution in [0.2, 0.25) is 0 Å². The van der Waals surface area contributed by atoms with Crippen molar-refractivity contribution in [3.63, 3.8) is 0 Å². The van der Waals surface area contributed by atoms with E-state index in [2.05, 4.69) is 0 Å². The topological polar surface area (TPSA) is 170 Å². The average molecular weight is 558 g/mol. The summed E-state index contributed by atoms with van der Waals surface area (Å²) >= 11 is 0. The molecule has 6 rings (SSSR count). The van der Waals surface area contributed by atoms with Gasteiger partial charge in [-0.2, -0.15) is 0 Å². The van der Waals surface area contributed by atoms with Gasteiger partial charge < -0.3 is 33.9 Å². The first-order chi connectivity index (χ1) is 19.5. The first kappa shape index (κ1) is 25.9. The zero-order chi connectivity index (χ0) is 29.5. The molecule has 41 heavy (non-hydrogen) atoms. The number of methoxy groups -OCH3 is 2. The summed E-state index contributed by atoms with van der Waals surface area (Å²) in [4.78, 5) is 52.9. The number of carbonyl (C=O) groups is 3. The Morgan fingerprint density at radius 3 is 2.15 bits per heavy atom. The fourth-order valence-corrected chi connectivity index (χ4v) is 5.71. The van der Waals surface area contributed by atoms with Crippen molar-refractivity contribution in [3.05, 3.63) is 74.0 Å². The highest BCUT2D eigenvalue weighted by Gasteiger charge is 2.41. The zero-order valence-corrected chi connectivity index (χ0v) is 22.2. The van der Waals surface area contributed by atoms with Gasteiger partial charge in [0.1, 0.15) is 45.8 Å². The molecule has 11 heteroatoms. The Kier molecular flexibility index (Phi) is 5.60. The van der Waals surface area contributed by atoms with Crippen LogP contribution >= 0.6 is 0 Å². The highest BCUT2D eigenvalue weighted by molar-refractivity contribution is 6.42. The Morgan fingerprint density at radius 1 is 0.805 bits per heavy atom. The van der Waals surface area contributed by atoms with E-state index in [-0.39, 0.29) is 49.7 Å². The third-order valence-corrected chi connectivity index (χ3v) is 7.39. The van der Waals surface area contributed by atoms with E-state index in [9.17, 15) is 34.5 Å². The quantitative estimate of drug-likeness (QED) is 0.312. The van der Waals surface area contributed by atoms with Gasteiger partial charge in [-0.15, -0.1) is 0 Å². The molecule has 0 saturated heterocycles. The Bertz CT molecular complexity index is 1990. The number of aromatic hydroxyl groups is 3. The fourth-order valence-electron chi connectivity index (χ4n) is 5.71. The Hall–Kier alpha value is -5.32. The van der Waals surface area contributed by atoms with Gasteiger partial charge in [-0.3, -0.25) is 9.59 Å². The molecule has 0 unspecified atom stereocenters. The molecule has 208 valence electrons. The molecule has 0 bridgehead atoms. The molecule has 0 amide bonds. The van der Waals surface area contributed by atoms with Gasteiger partial charge in [0.25, 0.3) is 0 Å². The minimum Gasteiger partial charge on any atom is -0.506 e. The van der Waals surface area contributed by atoms with Crippen molar-refractivity contribution in [3.8, 4) is 23.0 Å². The molecule has 1 atom stereocenters. The molecule has 1 aliphatic carbocycles. The lowest BCUT2D eigenvalue weighted by Crippen LogP contribution is -2.25. The molecular formula is C30H22O11. The van der Waals surface area contributed by atoms with Crippen LogP contribution in [-0.2, 0) is 15.9 Å². The van der Waals surface area contributed by atoms with Gasteiger partial charge in [0.05, 0.1) is 36.3 Å². The molecule has 1 aromatic heterocycles. The molecule has 0 radical (unpaired) electrons. The number of Topliss-reactive ketones (excluding diaryl/α,β-unsaturated/α-hetero) is 2. The lowest BCUT2D eigenvalue weighted by atomic mass is 9.81. The number of benzene rings is 3. The number of rotatable bonds is 3. The van der Waals surface area contributed by atoms with Crippen molar-refractivity contribution in [2.75, 3.05) is 14.2 Å². The normalized spacial score (nSPS) is 16.6. The molecule has 2 heterocycles. The second kappa shape index (κ2) is 8.85. The molecule has 11 nitrogen and oxygen atoms in total. The van der Waals surface area contributed by atoms with Crippen molar-refractivity contribution < 1.29 is 48.3 Å². The highest BCUT2D eigenvalue weighted by atomic mass is 16.5. The van der Waals surface area contributed by atoms with E-state index >= 15 is 0 Å². The van der Waals surface area contributed by atoms with Crippen LogP contribution in [0.5, 0.6) is 23.0 Å². The summed E-state index contributed by atoms with van der Waals surface area (Å²) in [5, 5.41) is 33.8. The van der Waals surface area contributed by atoms with Crippen molar-refractivity contribution in [1.29, 1.82) is 0 Å². The largest absolute Gasteiger partial charge is 0.506 e. The number of carbonyl (C=O) groups excluding carboxylic acids is 3. The van der Waals surface area contributed by atoms with Gasteiger partial charge in [-0.25, -0.2) is 9.59 Å². The second-order valence-corrected chi connectivity index (χ2v) is 9.90. The molecule has 3 aromatic carbocycles. The molecule has 0 spiro atoms. The van der Waals surface area contributed by atoms with Crippen LogP contribution in [0.3, 0.4) is 0 Å². The van der Waals surface area contributed by atoms with Crippen LogP contribution in [0.25, 0.3) is 27.1 Å². The smallest absolute Gasteiger partial charge is 0.347 e. The number of fused-ring (bicyclic) bond motifs is 4. The molecule has 2 aliphatic rings. The van der Waals surface area contributed by atoms with E-state index in [1.807, 2.05) is 0 Å². The maximum atomic E-state index is 14.1. The fraction of sp³-hybridized carbons (Fsp3) is 0.200. The van der Waals surface area contributed by atoms with Gasteiger partial charge in [0, 0.05) is 12.0 Å². The monoisotopic (exact) mass is 558 g/mol. The highest BCUT2D eigenvalue weighted by Crippen LogP contribution is 2.50. The summed E-state index contributed by atoms with van der Waals surface area (Å²) in [7, 11) is 2.43. The van der Waals surface area contributed by atoms with Crippen molar-refractivity contribution in [1.82, 2.24) is 0 Å². The van der Waals surface area contributed by atoms with Crippen LogP contribution in [0.4, 0.5) is 0 Å². The number of esters is 1. The number of ketones is 2. The number of hydrogen-bond donors (Lipinski definition) is 3. The summed E-state index contributed by atoms with van der Waals surface area (Å²) in [6, 6.07) is 5.75. The van der Waals surface area contributed by atoms with Gasteiger partial charge in [-0.05, 0) is 54.4 Å². The van der Waals surface area contributed by atoms with E-state index in [4.69, 9.17) is 18.6 Å². The number of phenols is 3. The molecule has 0 fully saturated rings. The number of phenolic OH excluding ortho intramolecular Hbond substituents is 3. The Labute approximate surface area is 230 Å². The maximum Gasteiger partial charge on any atom is 0.347 e. The minimum atomic E-state index is -0.963. The van der Waals surface area contributed by atoms with Gasteiger partial charge >= 0.3 is 11.6 Å². The number of allylic oxidation sites excluding steroid dienone is 2. The predicted molar refractivity (Wildman–Crippen MR) is 144 cm³/mol. The lowest BCUT2D eigenvalue weighted by Gasteiger charge is -2.26. The summed E-state index contributed by atoms with van der Waals surface area (Å²) in [6.45, 7) is 3.22. The summed E-state index contributed by atoms with van der Waals surface area (Å²) < 4.78 is 21.2. The number of cyclic esters (lactones) is 1. The molecule has 3 N–H and O–H groups in total. The van der Waals surface area contributed by atoms with Gasteiger partial charge in [-0.1, -0.05) is 0 Å². The van der Waals surface area contributed by atoms with Crippen LogP contribution in [0.1, 0.15) is 54.9 Å². The second-order valence-electron chi connectivity index (χ2n) is 9.90. The van der Waals surface area contributed by atoms with E-state index in [0.717, 1.165) is 7.11 Å². The molecular weight excluding hydrogens is 536 g/mol. The standard InChI is InChI=1S/C30H22O11/c1-10-5-12-7-14-9-16(38-3)21(25(33)17(14)24(32)18(12)29(36)40-10)22-27(35)20-15(23(31)28(22)39-4)8-13-6-11(2)41-30(37)19(13)26(20)34/h6-10,32-34H,5H2,1-4H3/t10-/m1/s1. The average Bonchev–Trinajstić information content (AvgIpc) is 2.89. The Balaban J connectivity index is 1.69. The van der Waals surface area contributed by atoms with Crippen molar-refractivity contribution >= 4 is 44.7 Å². The van der Waals surface area contributed by atoms with Crippen molar-refractivity contribution in [2.45, 2.75) is 26.4 Å². The Morgan fingerprint density at radius 2 is 1.46 bits per heavy atom. The first-order valence-corrected chi connectivity index (χ1v) is 12.5. The van der Waals surface area contributed by atoms with Crippen LogP contribution in [-0.4, -0.2) is 53.2 Å². The zero-order valence-electron chi connectivity index (χ0n) is 22.2. The predicted octanol–water partition coefficient (Wildman–Crippen LogP) is 3.92. The van der Waals surface area contributed by atoms with Gasteiger partial charge in [0.2, 0.25) is 11.6 Å². The number of aryl methyl sites for hydroxylation is 1. The van der Waals surface area contributed by atoms with E-state index < -0.39 is 63.4 Å².